The van der Waals surface area contributed by atoms with Crippen molar-refractivity contribution >= 4 is 11.9 Å². The van der Waals surface area contributed by atoms with Gasteiger partial charge in [0.05, 0.1) is 11.2 Å². The van der Waals surface area contributed by atoms with Crippen LogP contribution in [0.15, 0.2) is 27.9 Å². The van der Waals surface area contributed by atoms with E-state index in [1.807, 2.05) is 6.07 Å². The van der Waals surface area contributed by atoms with Crippen LogP contribution in [-0.4, -0.2) is 0 Å². The van der Waals surface area contributed by atoms with Gasteiger partial charge in [-0.25, -0.2) is 0 Å². The summed E-state index contributed by atoms with van der Waals surface area (Å²) in [5, 5.41) is 5.15. The fourth-order valence-corrected chi connectivity index (χ4v) is 0.564. The number of nitrogens with two attached hydrogens (primary N) is 1. The van der Waals surface area contributed by atoms with Gasteiger partial charge in [0, 0.05) is 0 Å². The van der Waals surface area contributed by atoms with Crippen LogP contribution in [0.2, 0.25) is 0 Å². The summed E-state index contributed by atoms with van der Waals surface area (Å²) in [6.45, 7) is 0. The molecule has 1 aromatic heterocycles. The maximum atomic E-state index is 5.15. The number of furan rings is 1. The SMILES string of the molecule is NSc1ccoc1. The standard InChI is InChI=1S/C4H5NOS/c5-7-4-1-2-6-3-4/h1-3H,5H2. The Morgan fingerprint density at radius 2 is 2.57 bits per heavy atom. The van der Waals surface area contributed by atoms with Gasteiger partial charge in [0.15, 0.2) is 0 Å². The predicted octanol–water partition coefficient (Wildman–Crippen LogP) is 1.25. The third kappa shape index (κ3) is 0.976. The maximum Gasteiger partial charge on any atom is 0.105 e. The van der Waals surface area contributed by atoms with E-state index in [1.54, 1.807) is 12.5 Å². The van der Waals surface area contributed by atoms with E-state index in [1.165, 1.54) is 11.9 Å². The van der Waals surface area contributed by atoms with Gasteiger partial charge in [-0.15, -0.1) is 0 Å². The fraction of sp³-hybridized carbons (Fsp3) is 0. The normalized spacial score (nSPS) is 9.29. The quantitative estimate of drug-likeness (QED) is 0.560. The molecular weight excluding hydrogens is 110 g/mol. The van der Waals surface area contributed by atoms with Gasteiger partial charge in [-0.2, -0.15) is 0 Å². The Bertz CT molecular complexity index is 126. The van der Waals surface area contributed by atoms with Crippen molar-refractivity contribution in [1.29, 1.82) is 0 Å². The van der Waals surface area contributed by atoms with Crippen molar-refractivity contribution in [3.8, 4) is 0 Å². The van der Waals surface area contributed by atoms with Gasteiger partial charge in [0.2, 0.25) is 0 Å². The van der Waals surface area contributed by atoms with Gasteiger partial charge < -0.3 is 4.42 Å². The first kappa shape index (κ1) is 4.74. The first-order valence-electron chi connectivity index (χ1n) is 1.82. The minimum Gasteiger partial charge on any atom is -0.471 e. The number of rotatable bonds is 1. The Kier molecular flexibility index (Phi) is 1.38. The Morgan fingerprint density at radius 1 is 1.71 bits per heavy atom. The lowest BCUT2D eigenvalue weighted by Crippen LogP contribution is -1.71. The van der Waals surface area contributed by atoms with E-state index in [4.69, 9.17) is 9.56 Å². The monoisotopic (exact) mass is 115 g/mol. The molecule has 2 nitrogen and oxygen atoms in total. The average Bonchev–Trinajstić information content (AvgIpc) is 2.14. The molecule has 0 aliphatic rings. The van der Waals surface area contributed by atoms with E-state index in [-0.39, 0.29) is 0 Å². The second kappa shape index (κ2) is 2.04. The molecule has 0 aromatic carbocycles. The molecule has 0 saturated heterocycles. The maximum absolute atomic E-state index is 5.15. The van der Waals surface area contributed by atoms with Crippen LogP contribution in [0.3, 0.4) is 0 Å². The highest BCUT2D eigenvalue weighted by molar-refractivity contribution is 7.97. The van der Waals surface area contributed by atoms with Gasteiger partial charge in [0.1, 0.15) is 6.26 Å². The molecule has 0 amide bonds. The first-order chi connectivity index (χ1) is 3.43. The zero-order valence-electron chi connectivity index (χ0n) is 3.63. The van der Waals surface area contributed by atoms with Gasteiger partial charge in [-0.05, 0) is 18.0 Å². The van der Waals surface area contributed by atoms with Crippen LogP contribution in [0.5, 0.6) is 0 Å². The second-order valence-electron chi connectivity index (χ2n) is 1.08. The molecule has 0 saturated carbocycles. The number of hydrogen-bond donors (Lipinski definition) is 1. The summed E-state index contributed by atoms with van der Waals surface area (Å²) >= 11 is 1.18. The molecule has 3 heteroatoms. The van der Waals surface area contributed by atoms with E-state index in [9.17, 15) is 0 Å². The van der Waals surface area contributed by atoms with Crippen molar-refractivity contribution in [3.05, 3.63) is 18.6 Å². The predicted molar refractivity (Wildman–Crippen MR) is 28.8 cm³/mol. The first-order valence-corrected chi connectivity index (χ1v) is 2.70. The van der Waals surface area contributed by atoms with Crippen molar-refractivity contribution in [2.75, 3.05) is 0 Å². The zero-order chi connectivity index (χ0) is 5.11. The molecular formula is C4H5NOS. The molecule has 1 aromatic rings. The summed E-state index contributed by atoms with van der Waals surface area (Å²) in [4.78, 5) is 0.958. The van der Waals surface area contributed by atoms with Crippen molar-refractivity contribution in [3.63, 3.8) is 0 Å². The van der Waals surface area contributed by atoms with E-state index >= 15 is 0 Å². The molecule has 7 heavy (non-hydrogen) atoms. The molecule has 0 aliphatic heterocycles. The minimum atomic E-state index is 0.958. The average molecular weight is 115 g/mol. The summed E-state index contributed by atoms with van der Waals surface area (Å²) in [5.74, 6) is 0. The van der Waals surface area contributed by atoms with Crippen LogP contribution in [0.4, 0.5) is 0 Å². The van der Waals surface area contributed by atoms with E-state index in [0.29, 0.717) is 0 Å². The van der Waals surface area contributed by atoms with Gasteiger partial charge in [-0.1, -0.05) is 0 Å². The smallest absolute Gasteiger partial charge is 0.105 e. The molecule has 1 heterocycles. The molecule has 0 radical (unpaired) electrons. The highest BCUT2D eigenvalue weighted by Gasteiger charge is 1.85. The van der Waals surface area contributed by atoms with Crippen LogP contribution in [0.1, 0.15) is 0 Å². The lowest BCUT2D eigenvalue weighted by Gasteiger charge is -1.77. The third-order valence-electron chi connectivity index (χ3n) is 0.631. The zero-order valence-corrected chi connectivity index (χ0v) is 4.44. The molecule has 2 N–H and O–H groups in total. The van der Waals surface area contributed by atoms with Crippen molar-refractivity contribution in [2.24, 2.45) is 5.14 Å². The lowest BCUT2D eigenvalue weighted by molar-refractivity contribution is 0.562. The fourth-order valence-electron chi connectivity index (χ4n) is 0.319. The van der Waals surface area contributed by atoms with Crippen LogP contribution < -0.4 is 5.14 Å². The Morgan fingerprint density at radius 3 is 2.86 bits per heavy atom. The molecule has 0 bridgehead atoms. The summed E-state index contributed by atoms with van der Waals surface area (Å²) in [6.07, 6.45) is 3.19. The van der Waals surface area contributed by atoms with Crippen LogP contribution in [-0.2, 0) is 0 Å². The van der Waals surface area contributed by atoms with Gasteiger partial charge >= 0.3 is 0 Å². The molecule has 0 fully saturated rings. The van der Waals surface area contributed by atoms with Gasteiger partial charge in [0.25, 0.3) is 0 Å². The summed E-state index contributed by atoms with van der Waals surface area (Å²) in [5.41, 5.74) is 0. The van der Waals surface area contributed by atoms with Crippen molar-refractivity contribution < 1.29 is 4.42 Å². The van der Waals surface area contributed by atoms with E-state index in [0.717, 1.165) is 4.90 Å². The highest BCUT2D eigenvalue weighted by atomic mass is 32.2. The minimum absolute atomic E-state index is 0.958. The number of hydrogen-bond acceptors (Lipinski definition) is 3. The molecule has 0 unspecified atom stereocenters. The molecule has 0 aliphatic carbocycles. The molecule has 1 rings (SSSR count). The Balaban J connectivity index is 2.76. The summed E-state index contributed by atoms with van der Waals surface area (Å²) in [7, 11) is 0. The third-order valence-corrected chi connectivity index (χ3v) is 1.14. The van der Waals surface area contributed by atoms with E-state index in [2.05, 4.69) is 0 Å². The Labute approximate surface area is 45.8 Å². The van der Waals surface area contributed by atoms with E-state index < -0.39 is 0 Å². The molecule has 0 spiro atoms. The Hall–Kier alpha value is -0.410. The largest absolute Gasteiger partial charge is 0.471 e. The van der Waals surface area contributed by atoms with Crippen molar-refractivity contribution in [2.45, 2.75) is 4.90 Å². The highest BCUT2D eigenvalue weighted by Crippen LogP contribution is 2.09. The molecule has 38 valence electrons. The summed E-state index contributed by atoms with van der Waals surface area (Å²) < 4.78 is 4.70. The topological polar surface area (TPSA) is 39.2 Å². The van der Waals surface area contributed by atoms with Crippen LogP contribution in [0, 0.1) is 0 Å². The lowest BCUT2D eigenvalue weighted by atomic mass is 10.7. The summed E-state index contributed by atoms with van der Waals surface area (Å²) in [6, 6.07) is 1.81. The molecule has 0 atom stereocenters. The van der Waals surface area contributed by atoms with Crippen LogP contribution in [0.25, 0.3) is 0 Å². The van der Waals surface area contributed by atoms with Crippen molar-refractivity contribution in [1.82, 2.24) is 0 Å². The van der Waals surface area contributed by atoms with Crippen LogP contribution >= 0.6 is 11.9 Å². The van der Waals surface area contributed by atoms with Gasteiger partial charge in [-0.3, -0.25) is 5.14 Å². The second-order valence-corrected chi connectivity index (χ2v) is 1.78.